The van der Waals surface area contributed by atoms with Crippen molar-refractivity contribution < 1.29 is 4.39 Å². The van der Waals surface area contributed by atoms with Gasteiger partial charge in [0.25, 0.3) is 0 Å². The molecule has 0 bridgehead atoms. The molecule has 0 saturated heterocycles. The maximum absolute atomic E-state index is 14.5. The highest BCUT2D eigenvalue weighted by Crippen LogP contribution is 2.34. The maximum Gasteiger partial charge on any atom is 0.159 e. The quantitative estimate of drug-likeness (QED) is 0.242. The summed E-state index contributed by atoms with van der Waals surface area (Å²) in [7, 11) is 0. The van der Waals surface area contributed by atoms with E-state index in [2.05, 4.69) is 50.6 Å². The molecule has 6 nitrogen and oxygen atoms in total. The number of fused-ring (bicyclic) bond motifs is 2. The first-order chi connectivity index (χ1) is 17.7. The van der Waals surface area contributed by atoms with Crippen LogP contribution in [0.15, 0.2) is 79.1 Å². The third-order valence-corrected chi connectivity index (χ3v) is 6.43. The Labute approximate surface area is 207 Å². The molecule has 0 unspecified atom stereocenters. The summed E-state index contributed by atoms with van der Waals surface area (Å²) >= 11 is 0. The molecule has 3 aromatic carbocycles. The van der Waals surface area contributed by atoms with Gasteiger partial charge in [0.2, 0.25) is 0 Å². The minimum absolute atomic E-state index is 0.272. The lowest BCUT2D eigenvalue weighted by molar-refractivity contribution is 0.631. The molecule has 3 N–H and O–H groups in total. The number of benzene rings is 3. The predicted molar refractivity (Wildman–Crippen MR) is 142 cm³/mol. The third-order valence-electron chi connectivity index (χ3n) is 6.43. The molecule has 7 heteroatoms. The molecule has 3 heterocycles. The second-order valence-corrected chi connectivity index (χ2v) is 8.78. The molecule has 0 atom stereocenters. The molecule has 6 aromatic rings. The number of imidazole rings is 1. The Kier molecular flexibility index (Phi) is 5.75. The lowest BCUT2D eigenvalue weighted by atomic mass is 10.0. The van der Waals surface area contributed by atoms with Gasteiger partial charge >= 0.3 is 0 Å². The van der Waals surface area contributed by atoms with E-state index in [1.807, 2.05) is 42.7 Å². The monoisotopic (exact) mass is 476 g/mol. The van der Waals surface area contributed by atoms with Crippen LogP contribution in [0.5, 0.6) is 0 Å². The van der Waals surface area contributed by atoms with Crippen LogP contribution in [0.3, 0.4) is 0 Å². The minimum atomic E-state index is -0.272. The van der Waals surface area contributed by atoms with Gasteiger partial charge in [-0.2, -0.15) is 5.10 Å². The van der Waals surface area contributed by atoms with Crippen molar-refractivity contribution in [2.45, 2.75) is 13.3 Å². The Morgan fingerprint density at radius 1 is 0.889 bits per heavy atom. The molecule has 3 aromatic heterocycles. The van der Waals surface area contributed by atoms with Crippen LogP contribution < -0.4 is 5.32 Å². The molecule has 0 aliphatic heterocycles. The predicted octanol–water partition coefficient (Wildman–Crippen LogP) is 6.13. The fourth-order valence-corrected chi connectivity index (χ4v) is 4.61. The lowest BCUT2D eigenvalue weighted by Crippen LogP contribution is -2.16. The van der Waals surface area contributed by atoms with Gasteiger partial charge in [0.1, 0.15) is 11.5 Å². The van der Waals surface area contributed by atoms with Crippen LogP contribution in [0.4, 0.5) is 4.39 Å². The number of aromatic nitrogens is 5. The standard InChI is InChI=1S/C29H25FN6/c1-2-31-13-12-18-14-20(17-32-16-18)19-10-11-25-23(15-19)28(36-35-25)29-33-26-9-5-7-22(27(26)34-29)21-6-3-4-8-24(21)30/h3-11,14-17,31H,2,12-13H2,1H3,(H,33,34)(H,35,36). The highest BCUT2D eigenvalue weighted by Gasteiger charge is 2.17. The zero-order valence-electron chi connectivity index (χ0n) is 19.8. The van der Waals surface area contributed by atoms with E-state index >= 15 is 0 Å². The average Bonchev–Trinajstić information content (AvgIpc) is 3.53. The zero-order valence-corrected chi connectivity index (χ0v) is 19.8. The van der Waals surface area contributed by atoms with E-state index in [1.54, 1.807) is 12.1 Å². The van der Waals surface area contributed by atoms with Crippen LogP contribution in [0.25, 0.3) is 55.7 Å². The van der Waals surface area contributed by atoms with E-state index in [9.17, 15) is 4.39 Å². The van der Waals surface area contributed by atoms with Crippen molar-refractivity contribution in [3.63, 3.8) is 0 Å². The number of likely N-dealkylation sites (N-methyl/N-ethyl adjacent to an activating group) is 1. The fourth-order valence-electron chi connectivity index (χ4n) is 4.61. The van der Waals surface area contributed by atoms with Gasteiger partial charge in [-0.15, -0.1) is 0 Å². The molecule has 0 aliphatic rings. The molecular formula is C29H25FN6. The maximum atomic E-state index is 14.5. The number of rotatable bonds is 7. The summed E-state index contributed by atoms with van der Waals surface area (Å²) in [6, 6.07) is 20.9. The number of aromatic amines is 2. The number of hydrogen-bond donors (Lipinski definition) is 3. The Hall–Kier alpha value is -4.36. The van der Waals surface area contributed by atoms with Crippen LogP contribution in [-0.4, -0.2) is 38.2 Å². The van der Waals surface area contributed by atoms with Crippen LogP contribution in [0.2, 0.25) is 0 Å². The summed E-state index contributed by atoms with van der Waals surface area (Å²) in [5.41, 5.74) is 7.76. The molecular weight excluding hydrogens is 451 g/mol. The first-order valence-corrected chi connectivity index (χ1v) is 12.1. The van der Waals surface area contributed by atoms with E-state index < -0.39 is 0 Å². The van der Waals surface area contributed by atoms with E-state index in [0.29, 0.717) is 16.9 Å². The summed E-state index contributed by atoms with van der Waals surface area (Å²) in [5.74, 6) is 0.362. The van der Waals surface area contributed by atoms with Crippen LogP contribution in [0.1, 0.15) is 12.5 Å². The summed E-state index contributed by atoms with van der Waals surface area (Å²) in [4.78, 5) is 12.7. The van der Waals surface area contributed by atoms with Gasteiger partial charge in [0, 0.05) is 34.5 Å². The van der Waals surface area contributed by atoms with Gasteiger partial charge in [0.15, 0.2) is 5.82 Å². The van der Waals surface area contributed by atoms with E-state index in [4.69, 9.17) is 4.98 Å². The van der Waals surface area contributed by atoms with Crippen molar-refractivity contribution >= 4 is 21.9 Å². The third kappa shape index (κ3) is 4.03. The first-order valence-electron chi connectivity index (χ1n) is 12.1. The second kappa shape index (κ2) is 9.36. The van der Waals surface area contributed by atoms with Crippen molar-refractivity contribution in [2.24, 2.45) is 0 Å². The van der Waals surface area contributed by atoms with Gasteiger partial charge in [-0.1, -0.05) is 43.3 Å². The van der Waals surface area contributed by atoms with Gasteiger partial charge in [0.05, 0.1) is 16.6 Å². The Morgan fingerprint density at radius 3 is 2.67 bits per heavy atom. The molecule has 0 fully saturated rings. The van der Waals surface area contributed by atoms with Gasteiger partial charge < -0.3 is 10.3 Å². The SMILES string of the molecule is CCNCCc1cncc(-c2ccc3[nH]nc(-c4nc5c(-c6ccccc6F)cccc5[nH]4)c3c2)c1. The number of para-hydroxylation sites is 1. The molecule has 0 amide bonds. The normalized spacial score (nSPS) is 11.5. The first kappa shape index (κ1) is 22.1. The van der Waals surface area contributed by atoms with Crippen molar-refractivity contribution in [3.8, 4) is 33.8 Å². The molecule has 0 spiro atoms. The summed E-state index contributed by atoms with van der Waals surface area (Å²) in [5, 5.41) is 12.0. The van der Waals surface area contributed by atoms with E-state index in [-0.39, 0.29) is 5.82 Å². The molecule has 0 aliphatic carbocycles. The lowest BCUT2D eigenvalue weighted by Gasteiger charge is -2.06. The molecule has 0 radical (unpaired) electrons. The highest BCUT2D eigenvalue weighted by atomic mass is 19.1. The zero-order chi connectivity index (χ0) is 24.5. The highest BCUT2D eigenvalue weighted by molar-refractivity contribution is 5.98. The van der Waals surface area contributed by atoms with Gasteiger partial charge in [-0.3, -0.25) is 10.1 Å². The van der Waals surface area contributed by atoms with Gasteiger partial charge in [-0.05, 0) is 61.0 Å². The average molecular weight is 477 g/mol. The van der Waals surface area contributed by atoms with E-state index in [0.717, 1.165) is 58.3 Å². The molecule has 178 valence electrons. The summed E-state index contributed by atoms with van der Waals surface area (Å²) < 4.78 is 14.5. The molecule has 36 heavy (non-hydrogen) atoms. The number of nitrogens with zero attached hydrogens (tertiary/aromatic N) is 3. The summed E-state index contributed by atoms with van der Waals surface area (Å²) in [6.07, 6.45) is 4.74. The topological polar surface area (TPSA) is 82.3 Å². The second-order valence-electron chi connectivity index (χ2n) is 8.78. The van der Waals surface area contributed by atoms with E-state index in [1.165, 1.54) is 11.6 Å². The van der Waals surface area contributed by atoms with Crippen LogP contribution in [-0.2, 0) is 6.42 Å². The van der Waals surface area contributed by atoms with Crippen LogP contribution >= 0.6 is 0 Å². The van der Waals surface area contributed by atoms with Crippen LogP contribution in [0, 0.1) is 5.82 Å². The number of nitrogens with one attached hydrogen (secondary N) is 3. The smallest absolute Gasteiger partial charge is 0.159 e. The largest absolute Gasteiger partial charge is 0.337 e. The molecule has 0 saturated carbocycles. The van der Waals surface area contributed by atoms with Crippen molar-refractivity contribution in [1.82, 2.24) is 30.5 Å². The number of halogens is 1. The van der Waals surface area contributed by atoms with Gasteiger partial charge in [-0.25, -0.2) is 9.37 Å². The number of pyridine rings is 1. The Morgan fingerprint density at radius 2 is 1.78 bits per heavy atom. The van der Waals surface area contributed by atoms with Crippen molar-refractivity contribution in [1.29, 1.82) is 0 Å². The number of hydrogen-bond acceptors (Lipinski definition) is 4. The number of H-pyrrole nitrogens is 2. The van der Waals surface area contributed by atoms with Crippen molar-refractivity contribution in [2.75, 3.05) is 13.1 Å². The summed E-state index contributed by atoms with van der Waals surface area (Å²) in [6.45, 7) is 3.99. The minimum Gasteiger partial charge on any atom is -0.337 e. The molecule has 6 rings (SSSR count). The Balaban J connectivity index is 1.41. The van der Waals surface area contributed by atoms with Crippen molar-refractivity contribution in [3.05, 3.63) is 90.5 Å². The fraction of sp³-hybridized carbons (Fsp3) is 0.138. The Bertz CT molecular complexity index is 1680.